The van der Waals surface area contributed by atoms with Crippen LogP contribution in [0, 0.1) is 0 Å². The van der Waals surface area contributed by atoms with Crippen molar-refractivity contribution < 1.29 is 13.2 Å². The van der Waals surface area contributed by atoms with Crippen LogP contribution in [-0.4, -0.2) is 50.5 Å². The van der Waals surface area contributed by atoms with E-state index in [4.69, 9.17) is 10.5 Å². The van der Waals surface area contributed by atoms with Crippen molar-refractivity contribution in [3.8, 4) is 0 Å². The van der Waals surface area contributed by atoms with Crippen LogP contribution in [0.4, 0.5) is 5.69 Å². The fourth-order valence-electron chi connectivity index (χ4n) is 1.89. The summed E-state index contributed by atoms with van der Waals surface area (Å²) in [6, 6.07) is 7.40. The number of nitrogens with zero attached hydrogens (tertiary/aromatic N) is 1. The molecule has 0 amide bonds. The number of anilines is 1. The number of para-hydroxylation sites is 1. The molecule has 2 N–H and O–H groups in total. The zero-order valence-electron chi connectivity index (χ0n) is 12.8. The van der Waals surface area contributed by atoms with Crippen molar-refractivity contribution in [3.63, 3.8) is 0 Å². The van der Waals surface area contributed by atoms with Gasteiger partial charge in [-0.15, -0.1) is 11.8 Å². The highest BCUT2D eigenvalue weighted by Crippen LogP contribution is 2.24. The number of nitrogen functional groups attached to an aromatic ring is 1. The summed E-state index contributed by atoms with van der Waals surface area (Å²) < 4.78 is 31.2. The van der Waals surface area contributed by atoms with E-state index in [0.717, 1.165) is 4.90 Å². The molecule has 0 fully saturated rings. The van der Waals surface area contributed by atoms with Crippen LogP contribution < -0.4 is 5.73 Å². The van der Waals surface area contributed by atoms with E-state index in [2.05, 4.69) is 0 Å². The van der Waals surface area contributed by atoms with E-state index in [9.17, 15) is 8.42 Å². The lowest BCUT2D eigenvalue weighted by atomic mass is 10.3. The Bertz CT molecular complexity index is 533. The van der Waals surface area contributed by atoms with Crippen LogP contribution in [0.3, 0.4) is 0 Å². The highest BCUT2D eigenvalue weighted by Gasteiger charge is 2.24. The number of nitrogens with two attached hydrogens (primary N) is 1. The van der Waals surface area contributed by atoms with Gasteiger partial charge in [0.2, 0.25) is 10.0 Å². The van der Waals surface area contributed by atoms with Crippen LogP contribution in [-0.2, 0) is 14.8 Å². The summed E-state index contributed by atoms with van der Waals surface area (Å²) in [7, 11) is -1.72. The third-order valence-corrected chi connectivity index (χ3v) is 6.36. The summed E-state index contributed by atoms with van der Waals surface area (Å²) in [6.45, 7) is 4.52. The third-order valence-electron chi connectivity index (χ3n) is 2.97. The van der Waals surface area contributed by atoms with E-state index in [1.807, 2.05) is 38.1 Å². The number of hydrogen-bond acceptors (Lipinski definition) is 5. The van der Waals surface area contributed by atoms with E-state index in [1.54, 1.807) is 7.11 Å². The quantitative estimate of drug-likeness (QED) is 0.553. The lowest BCUT2D eigenvalue weighted by Crippen LogP contribution is -2.41. The molecule has 0 aliphatic carbocycles. The average Bonchev–Trinajstić information content (AvgIpc) is 2.40. The Morgan fingerprint density at radius 2 is 2.00 bits per heavy atom. The lowest BCUT2D eigenvalue weighted by molar-refractivity contribution is 0.171. The van der Waals surface area contributed by atoms with Gasteiger partial charge in [-0.2, -0.15) is 4.31 Å². The first-order valence-corrected chi connectivity index (χ1v) is 9.43. The zero-order valence-corrected chi connectivity index (χ0v) is 14.4. The molecule has 0 aliphatic heterocycles. The number of thioether (sulfide) groups is 1. The van der Waals surface area contributed by atoms with E-state index in [-0.39, 0.29) is 11.8 Å². The topological polar surface area (TPSA) is 72.6 Å². The molecule has 0 spiro atoms. The van der Waals surface area contributed by atoms with Gasteiger partial charge in [-0.05, 0) is 26.0 Å². The second-order valence-electron chi connectivity index (χ2n) is 4.90. The fraction of sp³-hybridized carbons (Fsp3) is 0.571. The van der Waals surface area contributed by atoms with E-state index in [1.165, 1.54) is 16.1 Å². The van der Waals surface area contributed by atoms with Gasteiger partial charge in [-0.25, -0.2) is 8.42 Å². The first-order valence-electron chi connectivity index (χ1n) is 6.84. The molecule has 0 heterocycles. The van der Waals surface area contributed by atoms with Gasteiger partial charge in [0.1, 0.15) is 0 Å². The van der Waals surface area contributed by atoms with Crippen molar-refractivity contribution in [1.29, 1.82) is 0 Å². The molecule has 0 bridgehead atoms. The molecule has 0 radical (unpaired) electrons. The van der Waals surface area contributed by atoms with Gasteiger partial charge >= 0.3 is 0 Å². The third kappa shape index (κ3) is 5.86. The number of ether oxygens (including phenoxy) is 1. The van der Waals surface area contributed by atoms with E-state index >= 15 is 0 Å². The average molecular weight is 332 g/mol. The molecular formula is C14H24N2O3S2. The predicted octanol–water partition coefficient (Wildman–Crippen LogP) is 2.05. The van der Waals surface area contributed by atoms with Gasteiger partial charge in [0.25, 0.3) is 0 Å². The Morgan fingerprint density at radius 3 is 2.57 bits per heavy atom. The molecule has 1 aromatic rings. The van der Waals surface area contributed by atoms with Crippen molar-refractivity contribution in [2.24, 2.45) is 0 Å². The summed E-state index contributed by atoms with van der Waals surface area (Å²) >= 11 is 1.46. The Morgan fingerprint density at radius 1 is 1.33 bits per heavy atom. The number of rotatable bonds is 9. The summed E-state index contributed by atoms with van der Waals surface area (Å²) in [5, 5.41) is 0. The Balaban J connectivity index is 2.60. The second kappa shape index (κ2) is 8.63. The van der Waals surface area contributed by atoms with E-state index < -0.39 is 10.0 Å². The SMILES string of the molecule is COCCN(C(C)C)S(=O)(=O)CCSc1ccccc1N. The summed E-state index contributed by atoms with van der Waals surface area (Å²) in [6.07, 6.45) is 0. The van der Waals surface area contributed by atoms with Crippen molar-refractivity contribution in [2.75, 3.05) is 37.5 Å². The monoisotopic (exact) mass is 332 g/mol. The molecule has 0 saturated heterocycles. The predicted molar refractivity (Wildman–Crippen MR) is 89.1 cm³/mol. The molecule has 1 aromatic carbocycles. The summed E-state index contributed by atoms with van der Waals surface area (Å²) in [4.78, 5) is 0.917. The maximum Gasteiger partial charge on any atom is 0.215 e. The molecule has 0 saturated carbocycles. The van der Waals surface area contributed by atoms with Gasteiger partial charge in [-0.3, -0.25) is 0 Å². The Kier molecular flexibility index (Phi) is 7.51. The standard InChI is InChI=1S/C14H24N2O3S2/c1-12(2)16(8-9-19-3)21(17,18)11-10-20-14-7-5-4-6-13(14)15/h4-7,12H,8-11,15H2,1-3H3. The van der Waals surface area contributed by atoms with Gasteiger partial charge in [0.15, 0.2) is 0 Å². The fourth-order valence-corrected chi connectivity index (χ4v) is 4.92. The smallest absolute Gasteiger partial charge is 0.215 e. The molecule has 120 valence electrons. The van der Waals surface area contributed by atoms with Crippen molar-refractivity contribution in [2.45, 2.75) is 24.8 Å². The van der Waals surface area contributed by atoms with Crippen LogP contribution in [0.2, 0.25) is 0 Å². The maximum absolute atomic E-state index is 12.4. The highest BCUT2D eigenvalue weighted by molar-refractivity contribution is 8.00. The number of methoxy groups -OCH3 is 1. The van der Waals surface area contributed by atoms with Crippen LogP contribution >= 0.6 is 11.8 Å². The van der Waals surface area contributed by atoms with Crippen LogP contribution in [0.5, 0.6) is 0 Å². The van der Waals surface area contributed by atoms with Gasteiger partial charge < -0.3 is 10.5 Å². The van der Waals surface area contributed by atoms with E-state index in [0.29, 0.717) is 24.6 Å². The molecule has 21 heavy (non-hydrogen) atoms. The number of sulfonamides is 1. The van der Waals surface area contributed by atoms with Crippen LogP contribution in [0.15, 0.2) is 29.2 Å². The number of benzene rings is 1. The van der Waals surface area contributed by atoms with Gasteiger partial charge in [0.05, 0.1) is 12.4 Å². The Hall–Kier alpha value is -0.760. The van der Waals surface area contributed by atoms with Crippen molar-refractivity contribution >= 4 is 27.5 Å². The molecule has 0 unspecified atom stereocenters. The minimum atomic E-state index is -3.29. The number of hydrogen-bond donors (Lipinski definition) is 1. The highest BCUT2D eigenvalue weighted by atomic mass is 32.2. The molecular weight excluding hydrogens is 308 g/mol. The minimum absolute atomic E-state index is 0.0723. The molecule has 0 atom stereocenters. The van der Waals surface area contributed by atoms with Gasteiger partial charge in [0, 0.05) is 36.0 Å². The Labute approximate surface area is 131 Å². The molecule has 5 nitrogen and oxygen atoms in total. The van der Waals surface area contributed by atoms with Crippen molar-refractivity contribution in [1.82, 2.24) is 4.31 Å². The maximum atomic E-state index is 12.4. The van der Waals surface area contributed by atoms with Crippen molar-refractivity contribution in [3.05, 3.63) is 24.3 Å². The minimum Gasteiger partial charge on any atom is -0.398 e. The van der Waals surface area contributed by atoms with Crippen LogP contribution in [0.1, 0.15) is 13.8 Å². The first-order chi connectivity index (χ1) is 9.88. The first kappa shape index (κ1) is 18.3. The van der Waals surface area contributed by atoms with Crippen LogP contribution in [0.25, 0.3) is 0 Å². The zero-order chi connectivity index (χ0) is 15.9. The normalized spacial score (nSPS) is 12.2. The molecule has 7 heteroatoms. The van der Waals surface area contributed by atoms with Gasteiger partial charge in [-0.1, -0.05) is 12.1 Å². The molecule has 1 rings (SSSR count). The molecule has 0 aliphatic rings. The summed E-state index contributed by atoms with van der Waals surface area (Å²) in [5.41, 5.74) is 6.53. The lowest BCUT2D eigenvalue weighted by Gasteiger charge is -2.25. The molecule has 0 aromatic heterocycles. The largest absolute Gasteiger partial charge is 0.398 e. The summed E-state index contributed by atoms with van der Waals surface area (Å²) in [5.74, 6) is 0.570. The second-order valence-corrected chi connectivity index (χ2v) is 8.08.